The van der Waals surface area contributed by atoms with Crippen LogP contribution in [0.2, 0.25) is 0 Å². The molecule has 0 aliphatic carbocycles. The zero-order valence-corrected chi connectivity index (χ0v) is 9.21. The smallest absolute Gasteiger partial charge is 0.139 e. The maximum Gasteiger partial charge on any atom is 0.139 e. The SMILES string of the molecule is [N]CCCCn1ccnc1-c1ccccc1. The fourth-order valence-corrected chi connectivity index (χ4v) is 1.73. The van der Waals surface area contributed by atoms with E-state index in [1.165, 1.54) is 0 Å². The summed E-state index contributed by atoms with van der Waals surface area (Å²) >= 11 is 0. The van der Waals surface area contributed by atoms with Crippen molar-refractivity contribution in [3.05, 3.63) is 42.7 Å². The van der Waals surface area contributed by atoms with E-state index in [0.717, 1.165) is 30.8 Å². The van der Waals surface area contributed by atoms with Crippen LogP contribution in [0.5, 0.6) is 0 Å². The third kappa shape index (κ3) is 2.49. The molecule has 0 spiro atoms. The molecule has 0 bridgehead atoms. The summed E-state index contributed by atoms with van der Waals surface area (Å²) in [5.74, 6) is 0.999. The number of unbranched alkanes of at least 4 members (excludes halogenated alkanes) is 1. The maximum absolute atomic E-state index is 8.76. The summed E-state index contributed by atoms with van der Waals surface area (Å²) in [6, 6.07) is 10.2. The number of nitrogens with zero attached hydrogens (tertiary/aromatic N) is 3. The van der Waals surface area contributed by atoms with Crippen LogP contribution in [0.4, 0.5) is 0 Å². The summed E-state index contributed by atoms with van der Waals surface area (Å²) in [5.41, 5.74) is 9.89. The number of aromatic nitrogens is 2. The predicted molar refractivity (Wildman–Crippen MR) is 63.9 cm³/mol. The highest BCUT2D eigenvalue weighted by atomic mass is 15.1. The van der Waals surface area contributed by atoms with E-state index >= 15 is 0 Å². The van der Waals surface area contributed by atoms with Crippen molar-refractivity contribution >= 4 is 0 Å². The Kier molecular flexibility index (Phi) is 3.72. The van der Waals surface area contributed by atoms with Crippen molar-refractivity contribution in [2.45, 2.75) is 19.4 Å². The van der Waals surface area contributed by atoms with E-state index < -0.39 is 0 Å². The minimum Gasteiger partial charge on any atom is -0.331 e. The van der Waals surface area contributed by atoms with Gasteiger partial charge in [0.05, 0.1) is 0 Å². The Labute approximate surface area is 95.9 Å². The quantitative estimate of drug-likeness (QED) is 0.703. The van der Waals surface area contributed by atoms with Gasteiger partial charge in [-0.05, 0) is 12.8 Å². The highest BCUT2D eigenvalue weighted by Crippen LogP contribution is 2.17. The first kappa shape index (κ1) is 10.9. The molecule has 1 aromatic carbocycles. The Morgan fingerprint density at radius 1 is 1.12 bits per heavy atom. The van der Waals surface area contributed by atoms with Gasteiger partial charge in [0.25, 0.3) is 0 Å². The van der Waals surface area contributed by atoms with Crippen LogP contribution in [0, 0.1) is 0 Å². The van der Waals surface area contributed by atoms with Crippen molar-refractivity contribution < 1.29 is 0 Å². The van der Waals surface area contributed by atoms with E-state index in [-0.39, 0.29) is 6.54 Å². The summed E-state index contributed by atoms with van der Waals surface area (Å²) in [4.78, 5) is 4.37. The summed E-state index contributed by atoms with van der Waals surface area (Å²) in [6.07, 6.45) is 5.63. The summed E-state index contributed by atoms with van der Waals surface area (Å²) in [6.45, 7) is 1.17. The van der Waals surface area contributed by atoms with Gasteiger partial charge in [-0.25, -0.2) is 4.98 Å². The van der Waals surface area contributed by atoms with Crippen LogP contribution >= 0.6 is 0 Å². The van der Waals surface area contributed by atoms with Crippen LogP contribution in [0.1, 0.15) is 12.8 Å². The van der Waals surface area contributed by atoms with Crippen molar-refractivity contribution in [3.63, 3.8) is 0 Å². The van der Waals surface area contributed by atoms with Gasteiger partial charge in [-0.1, -0.05) is 30.3 Å². The van der Waals surface area contributed by atoms with Crippen LogP contribution in [0.25, 0.3) is 11.4 Å². The molecule has 3 nitrogen and oxygen atoms in total. The third-order valence-electron chi connectivity index (χ3n) is 2.55. The number of imidazole rings is 1. The van der Waals surface area contributed by atoms with Gasteiger partial charge in [0, 0.05) is 31.0 Å². The van der Waals surface area contributed by atoms with Gasteiger partial charge in [0.1, 0.15) is 5.82 Å². The number of hydrogen-bond acceptors (Lipinski definition) is 1. The first-order valence-corrected chi connectivity index (χ1v) is 5.59. The minimum absolute atomic E-state index is 0.259. The molecule has 0 amide bonds. The second-order valence-electron chi connectivity index (χ2n) is 3.74. The topological polar surface area (TPSA) is 40.1 Å². The lowest BCUT2D eigenvalue weighted by Crippen LogP contribution is -2.00. The first-order chi connectivity index (χ1) is 7.92. The predicted octanol–water partition coefficient (Wildman–Crippen LogP) is 2.40. The zero-order chi connectivity index (χ0) is 11.2. The van der Waals surface area contributed by atoms with E-state index in [4.69, 9.17) is 5.73 Å². The number of benzene rings is 1. The van der Waals surface area contributed by atoms with Crippen molar-refractivity contribution in [2.24, 2.45) is 0 Å². The van der Waals surface area contributed by atoms with E-state index in [9.17, 15) is 0 Å². The number of hydrogen-bond donors (Lipinski definition) is 0. The Morgan fingerprint density at radius 2 is 1.94 bits per heavy atom. The van der Waals surface area contributed by atoms with Crippen molar-refractivity contribution in [1.82, 2.24) is 15.3 Å². The van der Waals surface area contributed by atoms with Gasteiger partial charge in [-0.3, -0.25) is 0 Å². The molecule has 0 saturated heterocycles. The van der Waals surface area contributed by atoms with Gasteiger partial charge in [0.2, 0.25) is 0 Å². The molecular formula is C13H15N3. The normalized spacial score (nSPS) is 10.6. The largest absolute Gasteiger partial charge is 0.331 e. The van der Waals surface area contributed by atoms with Gasteiger partial charge in [-0.2, -0.15) is 0 Å². The van der Waals surface area contributed by atoms with Crippen LogP contribution in [0.15, 0.2) is 42.7 Å². The lowest BCUT2D eigenvalue weighted by atomic mass is 10.2. The van der Waals surface area contributed by atoms with Gasteiger partial charge < -0.3 is 4.57 Å². The molecule has 1 heterocycles. The fourth-order valence-electron chi connectivity index (χ4n) is 1.73. The molecule has 2 aromatic rings. The first-order valence-electron chi connectivity index (χ1n) is 5.59. The molecule has 1 aromatic heterocycles. The zero-order valence-electron chi connectivity index (χ0n) is 9.21. The Bertz CT molecular complexity index is 420. The second kappa shape index (κ2) is 5.47. The van der Waals surface area contributed by atoms with E-state index in [0.29, 0.717) is 0 Å². The molecule has 0 fully saturated rings. The monoisotopic (exact) mass is 213 g/mol. The average Bonchev–Trinajstić information content (AvgIpc) is 2.79. The van der Waals surface area contributed by atoms with Crippen molar-refractivity contribution in [2.75, 3.05) is 6.54 Å². The second-order valence-corrected chi connectivity index (χ2v) is 3.74. The molecule has 2 rings (SSSR count). The van der Waals surface area contributed by atoms with Crippen molar-refractivity contribution in [1.29, 1.82) is 0 Å². The molecule has 0 atom stereocenters. The third-order valence-corrected chi connectivity index (χ3v) is 2.55. The molecule has 0 aliphatic heterocycles. The summed E-state index contributed by atoms with van der Waals surface area (Å²) in [7, 11) is 0. The van der Waals surface area contributed by atoms with E-state index in [2.05, 4.69) is 21.7 Å². The molecule has 3 heteroatoms. The highest BCUT2D eigenvalue weighted by molar-refractivity contribution is 5.54. The highest BCUT2D eigenvalue weighted by Gasteiger charge is 2.04. The molecule has 0 saturated carbocycles. The summed E-state index contributed by atoms with van der Waals surface area (Å²) in [5, 5.41) is 0. The fraction of sp³-hybridized carbons (Fsp3) is 0.308. The van der Waals surface area contributed by atoms with Crippen LogP contribution < -0.4 is 5.73 Å². The maximum atomic E-state index is 8.76. The average molecular weight is 213 g/mol. The van der Waals surface area contributed by atoms with Crippen molar-refractivity contribution in [3.8, 4) is 11.4 Å². The molecule has 0 aliphatic rings. The Morgan fingerprint density at radius 3 is 2.69 bits per heavy atom. The van der Waals surface area contributed by atoms with Gasteiger partial charge in [0.15, 0.2) is 0 Å². The number of aryl methyl sites for hydroxylation is 1. The number of rotatable bonds is 5. The Hall–Kier alpha value is -1.61. The molecule has 0 unspecified atom stereocenters. The molecule has 16 heavy (non-hydrogen) atoms. The van der Waals surface area contributed by atoms with Gasteiger partial charge >= 0.3 is 0 Å². The van der Waals surface area contributed by atoms with E-state index in [1.807, 2.05) is 30.6 Å². The van der Waals surface area contributed by atoms with Gasteiger partial charge in [-0.15, -0.1) is 5.73 Å². The lowest BCUT2D eigenvalue weighted by Gasteiger charge is -2.06. The van der Waals surface area contributed by atoms with Crippen LogP contribution in [-0.4, -0.2) is 16.1 Å². The van der Waals surface area contributed by atoms with Crippen LogP contribution in [-0.2, 0) is 6.54 Å². The lowest BCUT2D eigenvalue weighted by molar-refractivity contribution is 0.616. The standard InChI is InChI=1S/C13H15N3/c14-8-4-5-10-16-11-9-15-13(16)12-6-2-1-3-7-12/h1-3,6-7,9,11H,4-5,8,10H2. The Balaban J connectivity index is 2.13. The molecule has 82 valence electrons. The molecular weight excluding hydrogens is 198 g/mol. The summed E-state index contributed by atoms with van der Waals surface area (Å²) < 4.78 is 2.13. The molecule has 2 radical (unpaired) electrons. The minimum atomic E-state index is 0.259. The van der Waals surface area contributed by atoms with Crippen LogP contribution in [0.3, 0.4) is 0 Å². The molecule has 0 N–H and O–H groups in total. The van der Waals surface area contributed by atoms with E-state index in [1.54, 1.807) is 0 Å².